The Hall–Kier alpha value is -4.15. The molecule has 227 valence electrons. The number of hydrogen-bond donors (Lipinski definition) is 0. The van der Waals surface area contributed by atoms with Crippen LogP contribution in [0.15, 0.2) is 114 Å². The first-order valence-electron chi connectivity index (χ1n) is 15.0. The molecular weight excluding hydrogens is 745 g/mol. The fourth-order valence-electron chi connectivity index (χ4n) is 5.63. The number of aromatic nitrogens is 2. The molecule has 7 aromatic rings. The van der Waals surface area contributed by atoms with Crippen LogP contribution in [0.4, 0.5) is 0 Å². The minimum Gasteiger partial charge on any atom is -0.501 e. The number of fused-ring (bicyclic) bond motifs is 3. The number of hydrogen-bond acceptors (Lipinski definition) is 3. The Kier molecular flexibility index (Phi) is 9.64. The summed E-state index contributed by atoms with van der Waals surface area (Å²) in [4.78, 5) is 9.12. The van der Waals surface area contributed by atoms with E-state index in [0.717, 1.165) is 50.0 Å². The Morgan fingerprint density at radius 2 is 1.42 bits per heavy atom. The van der Waals surface area contributed by atoms with Gasteiger partial charge in [-0.15, -0.1) is 53.6 Å². The third kappa shape index (κ3) is 7.07. The summed E-state index contributed by atoms with van der Waals surface area (Å²) in [6.45, 7) is 13.4. The van der Waals surface area contributed by atoms with E-state index >= 15 is 0 Å². The van der Waals surface area contributed by atoms with Crippen molar-refractivity contribution in [1.82, 2.24) is 9.97 Å². The van der Waals surface area contributed by atoms with Gasteiger partial charge in [-0.3, -0.25) is 0 Å². The molecule has 45 heavy (non-hydrogen) atoms. The van der Waals surface area contributed by atoms with Crippen molar-refractivity contribution in [2.24, 2.45) is 0 Å². The number of aryl methyl sites for hydroxylation is 3. The second-order valence-corrected chi connectivity index (χ2v) is 17.4. The van der Waals surface area contributed by atoms with Gasteiger partial charge in [0.1, 0.15) is 5.58 Å². The molecule has 0 aliphatic carbocycles. The van der Waals surface area contributed by atoms with Crippen molar-refractivity contribution in [3.8, 4) is 33.6 Å². The molecule has 0 saturated heterocycles. The van der Waals surface area contributed by atoms with Crippen LogP contribution in [0.5, 0.6) is 0 Å². The van der Waals surface area contributed by atoms with Crippen LogP contribution < -0.4 is 5.19 Å². The molecule has 3 heterocycles. The summed E-state index contributed by atoms with van der Waals surface area (Å²) in [6, 6.07) is 39.7. The van der Waals surface area contributed by atoms with Gasteiger partial charge in [-0.05, 0) is 53.7 Å². The van der Waals surface area contributed by atoms with E-state index in [4.69, 9.17) is 4.42 Å². The fraction of sp³-hybridized carbons (Fsp3) is 0.150. The molecule has 0 atom stereocenters. The molecule has 0 N–H and O–H groups in total. The van der Waals surface area contributed by atoms with E-state index in [0.29, 0.717) is 0 Å². The van der Waals surface area contributed by atoms with Crippen molar-refractivity contribution in [2.45, 2.75) is 40.4 Å². The number of furan rings is 1. The third-order valence-electron chi connectivity index (χ3n) is 7.86. The van der Waals surface area contributed by atoms with Crippen molar-refractivity contribution >= 4 is 35.2 Å². The van der Waals surface area contributed by atoms with E-state index in [1.807, 2.05) is 30.5 Å². The van der Waals surface area contributed by atoms with E-state index in [2.05, 4.69) is 142 Å². The number of benzene rings is 4. The van der Waals surface area contributed by atoms with Crippen molar-refractivity contribution in [3.63, 3.8) is 0 Å². The number of pyridine rings is 2. The van der Waals surface area contributed by atoms with Crippen LogP contribution >= 0.6 is 0 Å². The molecule has 0 bridgehead atoms. The third-order valence-corrected chi connectivity index (χ3v) is 10.0. The fourth-order valence-corrected chi connectivity index (χ4v) is 7.34. The summed E-state index contributed by atoms with van der Waals surface area (Å²) in [5, 5.41) is 3.65. The molecule has 0 amide bonds. The first-order valence-corrected chi connectivity index (χ1v) is 18.5. The summed E-state index contributed by atoms with van der Waals surface area (Å²) in [5.74, 6) is 0. The average molecular weight is 781 g/mol. The van der Waals surface area contributed by atoms with Crippen LogP contribution in [0.25, 0.3) is 55.6 Å². The van der Waals surface area contributed by atoms with Crippen LogP contribution in [0, 0.1) is 32.9 Å². The van der Waals surface area contributed by atoms with E-state index in [1.165, 1.54) is 27.4 Å². The van der Waals surface area contributed by atoms with Gasteiger partial charge in [-0.1, -0.05) is 103 Å². The molecule has 4 aromatic carbocycles. The summed E-state index contributed by atoms with van der Waals surface area (Å²) in [7, 11) is -1.29. The molecule has 0 spiro atoms. The molecule has 1 radical (unpaired) electrons. The molecule has 5 heteroatoms. The molecule has 0 aliphatic heterocycles. The van der Waals surface area contributed by atoms with Crippen molar-refractivity contribution < 1.29 is 24.5 Å². The average Bonchev–Trinajstić information content (AvgIpc) is 3.39. The van der Waals surface area contributed by atoms with Gasteiger partial charge in [-0.2, -0.15) is 0 Å². The first kappa shape index (κ1) is 32.2. The second kappa shape index (κ2) is 13.5. The topological polar surface area (TPSA) is 38.9 Å². The summed E-state index contributed by atoms with van der Waals surface area (Å²) >= 11 is 0. The normalized spacial score (nSPS) is 11.2. The van der Waals surface area contributed by atoms with E-state index in [1.54, 1.807) is 0 Å². The standard InChI is InChI=1S/C24H16NO.C16H20NSi.Ir/c1-16-12-13-25-22(14-16)21-9-5-8-20-19-11-10-18(15-23(19)26-24(20)21)17-6-3-2-4-7-17;1-12-7-6-8-14(9-12)15-10-13(2)16(11-17-15)18(3,4)5;/h2-8,10-15H,1H3;6-7,9-11H,1-5H3;/q2*-1;. The zero-order chi connectivity index (χ0) is 30.8. The van der Waals surface area contributed by atoms with Gasteiger partial charge in [0, 0.05) is 37.9 Å². The van der Waals surface area contributed by atoms with E-state index in [9.17, 15) is 0 Å². The van der Waals surface area contributed by atoms with Crippen LogP contribution in [-0.2, 0) is 20.1 Å². The van der Waals surface area contributed by atoms with Crippen molar-refractivity contribution in [1.29, 1.82) is 0 Å². The molecule has 0 fully saturated rings. The maximum absolute atomic E-state index is 6.27. The Bertz CT molecular complexity index is 2090. The Balaban J connectivity index is 0.000000186. The van der Waals surface area contributed by atoms with Crippen molar-refractivity contribution in [3.05, 3.63) is 138 Å². The van der Waals surface area contributed by atoms with E-state index in [-0.39, 0.29) is 20.1 Å². The Morgan fingerprint density at radius 3 is 2.13 bits per heavy atom. The van der Waals surface area contributed by atoms with Crippen LogP contribution in [0.3, 0.4) is 0 Å². The summed E-state index contributed by atoms with van der Waals surface area (Å²) in [5.41, 5.74) is 11.7. The van der Waals surface area contributed by atoms with Crippen molar-refractivity contribution in [2.75, 3.05) is 0 Å². The van der Waals surface area contributed by atoms with Gasteiger partial charge in [0.15, 0.2) is 0 Å². The number of rotatable bonds is 4. The second-order valence-electron chi connectivity index (χ2n) is 12.4. The van der Waals surface area contributed by atoms with Crippen LogP contribution in [0.2, 0.25) is 19.6 Å². The minimum atomic E-state index is -1.29. The van der Waals surface area contributed by atoms with Gasteiger partial charge >= 0.3 is 0 Å². The molecule has 3 aromatic heterocycles. The van der Waals surface area contributed by atoms with Gasteiger partial charge in [0.2, 0.25) is 0 Å². The smallest absolute Gasteiger partial charge is 0.121 e. The monoisotopic (exact) mass is 781 g/mol. The number of nitrogens with zero attached hydrogens (tertiary/aromatic N) is 2. The summed E-state index contributed by atoms with van der Waals surface area (Å²) < 4.78 is 6.27. The predicted octanol–water partition coefficient (Wildman–Crippen LogP) is 10.1. The Labute approximate surface area is 280 Å². The quantitative estimate of drug-likeness (QED) is 0.132. The summed E-state index contributed by atoms with van der Waals surface area (Å²) in [6.07, 6.45) is 3.89. The van der Waals surface area contributed by atoms with Gasteiger partial charge in [-0.25, -0.2) is 0 Å². The molecule has 0 saturated carbocycles. The molecule has 0 aliphatic rings. The van der Waals surface area contributed by atoms with Gasteiger partial charge in [0.05, 0.1) is 13.7 Å². The zero-order valence-corrected chi connectivity index (χ0v) is 29.9. The predicted molar refractivity (Wildman–Crippen MR) is 187 cm³/mol. The Morgan fingerprint density at radius 1 is 0.667 bits per heavy atom. The molecule has 0 unspecified atom stereocenters. The molecule has 7 rings (SSSR count). The van der Waals surface area contributed by atoms with E-state index < -0.39 is 8.07 Å². The largest absolute Gasteiger partial charge is 0.501 e. The zero-order valence-electron chi connectivity index (χ0n) is 26.5. The van der Waals surface area contributed by atoms with Gasteiger partial charge in [0.25, 0.3) is 0 Å². The maximum Gasteiger partial charge on any atom is 0.121 e. The van der Waals surface area contributed by atoms with Gasteiger partial charge < -0.3 is 14.4 Å². The molecular formula is C40H36IrN2OSi-2. The van der Waals surface area contributed by atoms with Crippen LogP contribution in [0.1, 0.15) is 16.7 Å². The van der Waals surface area contributed by atoms with Crippen LogP contribution in [-0.4, -0.2) is 18.0 Å². The minimum absolute atomic E-state index is 0. The first-order chi connectivity index (χ1) is 21.2. The molecule has 3 nitrogen and oxygen atoms in total. The maximum atomic E-state index is 6.27. The SMILES string of the molecule is Cc1cc[c-]c(-c2cc(C)c([Si](C)(C)C)cn2)c1.Cc1ccnc(-c2[c-]ccc3c2oc2cc(-c4ccccc4)ccc23)c1.[Ir].